The number of carbonyl (C=O) groups is 3. The number of nitrogens with one attached hydrogen (secondary N) is 2. The second-order valence-electron chi connectivity index (χ2n) is 9.43. The van der Waals surface area contributed by atoms with Gasteiger partial charge >= 0.3 is 6.03 Å². The van der Waals surface area contributed by atoms with Gasteiger partial charge in [-0.3, -0.25) is 9.59 Å². The van der Waals surface area contributed by atoms with Crippen LogP contribution in [0.3, 0.4) is 0 Å². The van der Waals surface area contributed by atoms with Crippen molar-refractivity contribution in [3.05, 3.63) is 70.9 Å². The first-order valence-electron chi connectivity index (χ1n) is 11.7. The molecule has 1 fully saturated rings. The Balaban J connectivity index is 1.58. The SMILES string of the molecule is CCCN1c2cc(F)c(/C=C3/NC(=O)N(CC(=O)Nc4ccccc4F)C3=O)cc2C(C)=CC1(C)C. The van der Waals surface area contributed by atoms with Gasteiger partial charge in [0.05, 0.1) is 11.2 Å². The maximum absolute atomic E-state index is 15.2. The third kappa shape index (κ3) is 4.73. The number of halogens is 2. The summed E-state index contributed by atoms with van der Waals surface area (Å²) < 4.78 is 29.0. The molecular formula is C27H28F2N4O3. The Morgan fingerprint density at radius 1 is 1.14 bits per heavy atom. The first kappa shape index (κ1) is 25.1. The van der Waals surface area contributed by atoms with E-state index in [9.17, 15) is 18.8 Å². The largest absolute Gasteiger partial charge is 0.362 e. The summed E-state index contributed by atoms with van der Waals surface area (Å²) in [7, 11) is 0. The monoisotopic (exact) mass is 494 g/mol. The minimum Gasteiger partial charge on any atom is -0.362 e. The van der Waals surface area contributed by atoms with Gasteiger partial charge in [-0.15, -0.1) is 0 Å². The van der Waals surface area contributed by atoms with E-state index in [-0.39, 0.29) is 22.5 Å². The van der Waals surface area contributed by atoms with Gasteiger partial charge in [0, 0.05) is 23.4 Å². The van der Waals surface area contributed by atoms with E-state index in [0.717, 1.165) is 29.8 Å². The molecule has 7 nitrogen and oxygen atoms in total. The van der Waals surface area contributed by atoms with Gasteiger partial charge in [0.25, 0.3) is 5.91 Å². The third-order valence-electron chi connectivity index (χ3n) is 6.26. The van der Waals surface area contributed by atoms with Crippen LogP contribution in [0.25, 0.3) is 11.6 Å². The molecule has 2 aromatic carbocycles. The lowest BCUT2D eigenvalue weighted by molar-refractivity contribution is -0.127. The molecule has 0 aliphatic carbocycles. The smallest absolute Gasteiger partial charge is 0.329 e. The minimum atomic E-state index is -0.819. The zero-order chi connectivity index (χ0) is 26.2. The summed E-state index contributed by atoms with van der Waals surface area (Å²) in [6.07, 6.45) is 4.28. The van der Waals surface area contributed by atoms with Crippen LogP contribution in [0.5, 0.6) is 0 Å². The fourth-order valence-corrected chi connectivity index (χ4v) is 4.62. The Hall–Kier alpha value is -4.01. The Bertz CT molecular complexity index is 1320. The molecule has 2 N–H and O–H groups in total. The molecular weight excluding hydrogens is 466 g/mol. The number of para-hydroxylation sites is 1. The molecule has 2 aromatic rings. The lowest BCUT2D eigenvalue weighted by atomic mass is 9.87. The summed E-state index contributed by atoms with van der Waals surface area (Å²) >= 11 is 0. The van der Waals surface area contributed by atoms with Crippen LogP contribution in [0.15, 0.2) is 48.2 Å². The van der Waals surface area contributed by atoms with Crippen LogP contribution in [0, 0.1) is 11.6 Å². The maximum atomic E-state index is 15.2. The normalized spacial score (nSPS) is 17.7. The number of rotatable bonds is 6. The minimum absolute atomic E-state index is 0.0647. The second kappa shape index (κ2) is 9.56. The zero-order valence-corrected chi connectivity index (χ0v) is 20.6. The summed E-state index contributed by atoms with van der Waals surface area (Å²) in [6, 6.07) is 7.85. The average molecular weight is 495 g/mol. The van der Waals surface area contributed by atoms with Crippen molar-refractivity contribution in [2.45, 2.75) is 39.7 Å². The number of hydrogen-bond acceptors (Lipinski definition) is 4. The van der Waals surface area contributed by atoms with Crippen molar-refractivity contribution in [3.63, 3.8) is 0 Å². The highest BCUT2D eigenvalue weighted by molar-refractivity contribution is 6.16. The Labute approximate surface area is 208 Å². The molecule has 0 atom stereocenters. The molecule has 0 spiro atoms. The van der Waals surface area contributed by atoms with E-state index in [2.05, 4.69) is 42.4 Å². The maximum Gasteiger partial charge on any atom is 0.329 e. The van der Waals surface area contributed by atoms with Crippen LogP contribution in [0.1, 0.15) is 45.2 Å². The molecule has 0 bridgehead atoms. The van der Waals surface area contributed by atoms with E-state index in [1.54, 1.807) is 12.1 Å². The van der Waals surface area contributed by atoms with Gasteiger partial charge in [-0.25, -0.2) is 18.5 Å². The summed E-state index contributed by atoms with van der Waals surface area (Å²) in [5.41, 5.74) is 2.24. The number of allylic oxidation sites excluding steroid dienone is 1. The van der Waals surface area contributed by atoms with Gasteiger partial charge in [0.15, 0.2) is 0 Å². The Morgan fingerprint density at radius 3 is 2.56 bits per heavy atom. The zero-order valence-electron chi connectivity index (χ0n) is 20.6. The van der Waals surface area contributed by atoms with Crippen LogP contribution in [-0.4, -0.2) is 41.4 Å². The molecule has 0 radical (unpaired) electrons. The van der Waals surface area contributed by atoms with E-state index < -0.39 is 36.0 Å². The van der Waals surface area contributed by atoms with Crippen LogP contribution in [-0.2, 0) is 9.59 Å². The number of urea groups is 1. The van der Waals surface area contributed by atoms with Gasteiger partial charge in [0.1, 0.15) is 23.9 Å². The second-order valence-corrected chi connectivity index (χ2v) is 9.43. The Morgan fingerprint density at radius 2 is 1.86 bits per heavy atom. The molecule has 4 rings (SSSR count). The first-order chi connectivity index (χ1) is 17.0. The van der Waals surface area contributed by atoms with Crippen LogP contribution in [0.2, 0.25) is 0 Å². The topological polar surface area (TPSA) is 81.8 Å². The molecule has 2 aliphatic rings. The highest BCUT2D eigenvalue weighted by Gasteiger charge is 2.36. The van der Waals surface area contributed by atoms with Crippen LogP contribution < -0.4 is 15.5 Å². The van der Waals surface area contributed by atoms with Crippen molar-refractivity contribution >= 4 is 40.9 Å². The van der Waals surface area contributed by atoms with Crippen molar-refractivity contribution in [1.29, 1.82) is 0 Å². The predicted octanol–water partition coefficient (Wildman–Crippen LogP) is 4.91. The van der Waals surface area contributed by atoms with E-state index in [4.69, 9.17) is 0 Å². The average Bonchev–Trinajstić information content (AvgIpc) is 3.06. The summed E-state index contributed by atoms with van der Waals surface area (Å²) in [6.45, 7) is 8.30. The fourth-order valence-electron chi connectivity index (χ4n) is 4.62. The van der Waals surface area contributed by atoms with E-state index in [1.165, 1.54) is 30.3 Å². The molecule has 1 saturated heterocycles. The number of imide groups is 1. The van der Waals surface area contributed by atoms with Crippen molar-refractivity contribution in [1.82, 2.24) is 10.2 Å². The molecule has 9 heteroatoms. The van der Waals surface area contributed by atoms with Crippen LogP contribution >= 0.6 is 0 Å². The van der Waals surface area contributed by atoms with Gasteiger partial charge in [-0.05, 0) is 63.1 Å². The quantitative estimate of drug-likeness (QED) is 0.442. The van der Waals surface area contributed by atoms with E-state index in [0.29, 0.717) is 4.90 Å². The molecule has 0 aromatic heterocycles. The number of carbonyl (C=O) groups excluding carboxylic acids is 3. The fraction of sp³-hybridized carbons (Fsp3) is 0.296. The number of hydrogen-bond donors (Lipinski definition) is 2. The van der Waals surface area contributed by atoms with Gasteiger partial charge < -0.3 is 15.5 Å². The molecule has 36 heavy (non-hydrogen) atoms. The Kier molecular flexibility index (Phi) is 6.67. The van der Waals surface area contributed by atoms with Gasteiger partial charge in [-0.1, -0.05) is 25.1 Å². The summed E-state index contributed by atoms with van der Waals surface area (Å²) in [5.74, 6) is -2.70. The molecule has 188 valence electrons. The van der Waals surface area contributed by atoms with E-state index in [1.807, 2.05) is 6.92 Å². The van der Waals surface area contributed by atoms with Crippen molar-refractivity contribution in [3.8, 4) is 0 Å². The van der Waals surface area contributed by atoms with Crippen LogP contribution in [0.4, 0.5) is 25.0 Å². The first-order valence-corrected chi connectivity index (χ1v) is 11.7. The lowest BCUT2D eigenvalue weighted by Gasteiger charge is -2.43. The lowest BCUT2D eigenvalue weighted by Crippen LogP contribution is -2.45. The van der Waals surface area contributed by atoms with Gasteiger partial charge in [0.2, 0.25) is 5.91 Å². The van der Waals surface area contributed by atoms with Crippen molar-refractivity contribution in [2.24, 2.45) is 0 Å². The third-order valence-corrected chi connectivity index (χ3v) is 6.26. The number of anilines is 2. The number of fused-ring (bicyclic) bond motifs is 1. The predicted molar refractivity (Wildman–Crippen MR) is 135 cm³/mol. The molecule has 0 unspecified atom stereocenters. The molecule has 4 amide bonds. The summed E-state index contributed by atoms with van der Waals surface area (Å²) in [4.78, 5) is 40.4. The highest BCUT2D eigenvalue weighted by Crippen LogP contribution is 2.40. The molecule has 2 heterocycles. The molecule has 0 saturated carbocycles. The number of nitrogens with zero attached hydrogens (tertiary/aromatic N) is 2. The standard InChI is InChI=1S/C27H28F2N4O3/c1-5-10-33-23-13-20(29)17(11-18(23)16(2)14-27(33,3)4)12-22-25(35)32(26(36)31-22)15-24(34)30-21-9-7-6-8-19(21)28/h6-9,11-14H,5,10,15H2,1-4H3,(H,30,34)(H,31,36)/b22-12+. The highest BCUT2D eigenvalue weighted by atomic mass is 19.1. The van der Waals surface area contributed by atoms with Gasteiger partial charge in [-0.2, -0.15) is 0 Å². The number of benzene rings is 2. The number of amides is 4. The van der Waals surface area contributed by atoms with Crippen molar-refractivity contribution < 1.29 is 23.2 Å². The summed E-state index contributed by atoms with van der Waals surface area (Å²) in [5, 5.41) is 4.73. The molecule has 2 aliphatic heterocycles. The van der Waals surface area contributed by atoms with E-state index >= 15 is 4.39 Å². The van der Waals surface area contributed by atoms with Crippen molar-refractivity contribution in [2.75, 3.05) is 23.3 Å².